The van der Waals surface area contributed by atoms with Crippen LogP contribution >= 0.6 is 0 Å². The second-order valence-corrected chi connectivity index (χ2v) is 4.24. The van der Waals surface area contributed by atoms with E-state index in [4.69, 9.17) is 4.74 Å². The summed E-state index contributed by atoms with van der Waals surface area (Å²) >= 11 is 0. The fraction of sp³-hybridized carbons (Fsp3) is 0.571. The zero-order chi connectivity index (χ0) is 9.80. The van der Waals surface area contributed by atoms with Gasteiger partial charge in [0, 0.05) is 0 Å². The molecule has 0 amide bonds. The second kappa shape index (κ2) is 5.92. The van der Waals surface area contributed by atoms with E-state index in [-0.39, 0.29) is 7.43 Å². The molecule has 15 heavy (non-hydrogen) atoms. The molecule has 0 radical (unpaired) electrons. The van der Waals surface area contributed by atoms with Gasteiger partial charge in [0.25, 0.3) is 0 Å². The molecule has 1 aromatic carbocycles. The summed E-state index contributed by atoms with van der Waals surface area (Å²) in [5, 5.41) is 0. The van der Waals surface area contributed by atoms with Crippen molar-refractivity contribution in [2.75, 3.05) is 0 Å². The molecule has 1 aromatic rings. The van der Waals surface area contributed by atoms with Gasteiger partial charge >= 0.3 is 0 Å². The molecular formula is C14H22O. The summed E-state index contributed by atoms with van der Waals surface area (Å²) < 4.78 is 5.90. The van der Waals surface area contributed by atoms with Gasteiger partial charge < -0.3 is 4.74 Å². The summed E-state index contributed by atoms with van der Waals surface area (Å²) in [4.78, 5) is 0. The van der Waals surface area contributed by atoms with E-state index in [2.05, 4.69) is 31.2 Å². The van der Waals surface area contributed by atoms with Crippen LogP contribution in [-0.2, 0) is 11.3 Å². The minimum absolute atomic E-state index is 0. The molecule has 0 spiro atoms. The number of benzene rings is 1. The number of rotatable bonds is 3. The van der Waals surface area contributed by atoms with Gasteiger partial charge in [-0.1, -0.05) is 51.1 Å². The molecule has 84 valence electrons. The Bertz CT molecular complexity index is 268. The summed E-state index contributed by atoms with van der Waals surface area (Å²) in [7, 11) is 0. The summed E-state index contributed by atoms with van der Waals surface area (Å²) in [6, 6.07) is 10.4. The van der Waals surface area contributed by atoms with Gasteiger partial charge in [0.05, 0.1) is 12.7 Å². The molecule has 0 saturated heterocycles. The highest BCUT2D eigenvalue weighted by atomic mass is 16.5. The van der Waals surface area contributed by atoms with E-state index in [0.29, 0.717) is 6.10 Å². The monoisotopic (exact) mass is 206 g/mol. The van der Waals surface area contributed by atoms with Gasteiger partial charge in [0.2, 0.25) is 0 Å². The third-order valence-electron chi connectivity index (χ3n) is 3.09. The molecule has 1 heteroatoms. The van der Waals surface area contributed by atoms with Crippen molar-refractivity contribution in [3.63, 3.8) is 0 Å². The molecule has 1 fully saturated rings. The molecule has 0 N–H and O–H groups in total. The Balaban J connectivity index is 0.00000112. The molecule has 1 saturated carbocycles. The molecule has 0 heterocycles. The molecule has 0 bridgehead atoms. The maximum Gasteiger partial charge on any atom is 0.0720 e. The maximum atomic E-state index is 5.90. The van der Waals surface area contributed by atoms with Crippen LogP contribution in [0.2, 0.25) is 0 Å². The third kappa shape index (κ3) is 3.35. The lowest BCUT2D eigenvalue weighted by Gasteiger charge is -2.16. The summed E-state index contributed by atoms with van der Waals surface area (Å²) in [6.07, 6.45) is 4.41. The van der Waals surface area contributed by atoms with Crippen LogP contribution in [0.1, 0.15) is 39.2 Å². The van der Waals surface area contributed by atoms with Gasteiger partial charge in [-0.3, -0.25) is 0 Å². The van der Waals surface area contributed by atoms with Crippen molar-refractivity contribution >= 4 is 0 Å². The van der Waals surface area contributed by atoms with Crippen molar-refractivity contribution in [2.24, 2.45) is 5.92 Å². The van der Waals surface area contributed by atoms with E-state index in [0.717, 1.165) is 12.5 Å². The Morgan fingerprint density at radius 2 is 1.93 bits per heavy atom. The van der Waals surface area contributed by atoms with Gasteiger partial charge in [-0.15, -0.1) is 0 Å². The molecule has 1 nitrogen and oxygen atoms in total. The van der Waals surface area contributed by atoms with Crippen LogP contribution < -0.4 is 0 Å². The van der Waals surface area contributed by atoms with Crippen LogP contribution in [0.25, 0.3) is 0 Å². The van der Waals surface area contributed by atoms with Crippen molar-refractivity contribution in [1.29, 1.82) is 0 Å². The molecule has 1 aliphatic carbocycles. The first kappa shape index (κ1) is 12.3. The Morgan fingerprint density at radius 1 is 1.20 bits per heavy atom. The van der Waals surface area contributed by atoms with E-state index in [9.17, 15) is 0 Å². The molecule has 2 rings (SSSR count). The first-order chi connectivity index (χ1) is 6.86. The van der Waals surface area contributed by atoms with Crippen LogP contribution in [0.4, 0.5) is 0 Å². The Kier molecular flexibility index (Phi) is 4.83. The van der Waals surface area contributed by atoms with Crippen LogP contribution in [-0.4, -0.2) is 6.10 Å². The highest BCUT2D eigenvalue weighted by Gasteiger charge is 2.23. The predicted octanol–water partition coefficient (Wildman–Crippen LogP) is 4.03. The zero-order valence-corrected chi connectivity index (χ0v) is 8.78. The van der Waals surface area contributed by atoms with E-state index in [1.807, 2.05) is 6.07 Å². The fourth-order valence-corrected chi connectivity index (χ4v) is 2.14. The summed E-state index contributed by atoms with van der Waals surface area (Å²) in [5.41, 5.74) is 1.28. The first-order valence-electron chi connectivity index (χ1n) is 5.52. The average molecular weight is 206 g/mol. The Morgan fingerprint density at radius 3 is 2.53 bits per heavy atom. The van der Waals surface area contributed by atoms with Gasteiger partial charge in [-0.05, 0) is 24.3 Å². The fourth-order valence-electron chi connectivity index (χ4n) is 2.14. The van der Waals surface area contributed by atoms with Crippen LogP contribution in [0, 0.1) is 5.92 Å². The minimum Gasteiger partial charge on any atom is -0.373 e. The summed E-state index contributed by atoms with van der Waals surface area (Å²) in [5.74, 6) is 0.749. The van der Waals surface area contributed by atoms with E-state index >= 15 is 0 Å². The summed E-state index contributed by atoms with van der Waals surface area (Å²) in [6.45, 7) is 3.07. The lowest BCUT2D eigenvalue weighted by molar-refractivity contribution is 0.0207. The molecule has 1 aliphatic rings. The van der Waals surface area contributed by atoms with E-state index < -0.39 is 0 Å². The van der Waals surface area contributed by atoms with E-state index in [1.165, 1.54) is 24.8 Å². The minimum atomic E-state index is 0. The lowest BCUT2D eigenvalue weighted by Crippen LogP contribution is -2.15. The second-order valence-electron chi connectivity index (χ2n) is 4.24. The maximum absolute atomic E-state index is 5.90. The highest BCUT2D eigenvalue weighted by molar-refractivity contribution is 5.13. The topological polar surface area (TPSA) is 9.23 Å². The SMILES string of the molecule is C.C[C@H]1CCC[C@@H]1OCc1ccccc1. The zero-order valence-electron chi connectivity index (χ0n) is 8.78. The van der Waals surface area contributed by atoms with Crippen molar-refractivity contribution < 1.29 is 4.74 Å². The quantitative estimate of drug-likeness (QED) is 0.725. The van der Waals surface area contributed by atoms with Crippen molar-refractivity contribution in [2.45, 2.75) is 46.3 Å². The van der Waals surface area contributed by atoms with Gasteiger partial charge in [0.1, 0.15) is 0 Å². The standard InChI is InChI=1S/C13H18O.CH4/c1-11-6-5-9-13(11)14-10-12-7-3-2-4-8-12;/h2-4,7-8,11,13H,5-6,9-10H2,1H3;1H4/t11-,13-;/m0./s1. The molecule has 0 unspecified atom stereocenters. The number of ether oxygens (including phenoxy) is 1. The molecule has 2 atom stereocenters. The van der Waals surface area contributed by atoms with Crippen molar-refractivity contribution in [1.82, 2.24) is 0 Å². The first-order valence-corrected chi connectivity index (χ1v) is 5.52. The Hall–Kier alpha value is -0.820. The normalized spacial score (nSPS) is 24.9. The van der Waals surface area contributed by atoms with Crippen LogP contribution in [0.3, 0.4) is 0 Å². The van der Waals surface area contributed by atoms with Gasteiger partial charge in [0.15, 0.2) is 0 Å². The highest BCUT2D eigenvalue weighted by Crippen LogP contribution is 2.28. The largest absolute Gasteiger partial charge is 0.373 e. The Labute approximate surface area is 93.5 Å². The number of hydrogen-bond donors (Lipinski definition) is 0. The average Bonchev–Trinajstić information content (AvgIpc) is 2.63. The lowest BCUT2D eigenvalue weighted by atomic mass is 10.1. The predicted molar refractivity (Wildman–Crippen MR) is 64.8 cm³/mol. The van der Waals surface area contributed by atoms with Crippen LogP contribution in [0.5, 0.6) is 0 Å². The van der Waals surface area contributed by atoms with Crippen LogP contribution in [0.15, 0.2) is 30.3 Å². The molecule has 0 aliphatic heterocycles. The molecule has 0 aromatic heterocycles. The molecular weight excluding hydrogens is 184 g/mol. The third-order valence-corrected chi connectivity index (χ3v) is 3.09. The number of hydrogen-bond acceptors (Lipinski definition) is 1. The van der Waals surface area contributed by atoms with Gasteiger partial charge in [-0.25, -0.2) is 0 Å². The smallest absolute Gasteiger partial charge is 0.0720 e. The van der Waals surface area contributed by atoms with Crippen molar-refractivity contribution in [3.8, 4) is 0 Å². The van der Waals surface area contributed by atoms with Gasteiger partial charge in [-0.2, -0.15) is 0 Å². The van der Waals surface area contributed by atoms with E-state index in [1.54, 1.807) is 0 Å². The van der Waals surface area contributed by atoms with Crippen molar-refractivity contribution in [3.05, 3.63) is 35.9 Å².